The predicted octanol–water partition coefficient (Wildman–Crippen LogP) is 1.23. The van der Waals surface area contributed by atoms with Crippen LogP contribution >= 0.6 is 0 Å². The normalized spacial score (nSPS) is 19.6. The van der Waals surface area contributed by atoms with Crippen molar-refractivity contribution in [2.24, 2.45) is 0 Å². The molecule has 1 amide bonds. The molecule has 1 rings (SSSR count). The van der Waals surface area contributed by atoms with Crippen molar-refractivity contribution >= 4 is 6.09 Å². The minimum absolute atomic E-state index is 0.0796. The summed E-state index contributed by atoms with van der Waals surface area (Å²) in [7, 11) is 1.64. The van der Waals surface area contributed by atoms with E-state index in [4.69, 9.17) is 9.47 Å². The van der Waals surface area contributed by atoms with Crippen LogP contribution in [0.3, 0.4) is 0 Å². The predicted molar refractivity (Wildman–Crippen MR) is 66.1 cm³/mol. The third-order valence-electron chi connectivity index (χ3n) is 2.76. The number of carbonyl (C=O) groups excluding carboxylic acids is 1. The lowest BCUT2D eigenvalue weighted by molar-refractivity contribution is 0.0638. The molecule has 17 heavy (non-hydrogen) atoms. The van der Waals surface area contributed by atoms with Crippen molar-refractivity contribution in [1.82, 2.24) is 10.2 Å². The summed E-state index contributed by atoms with van der Waals surface area (Å²) >= 11 is 0. The van der Waals surface area contributed by atoms with Gasteiger partial charge in [-0.25, -0.2) is 4.79 Å². The number of nitrogens with zero attached hydrogens (tertiary/aromatic N) is 1. The van der Waals surface area contributed by atoms with E-state index in [1.54, 1.807) is 12.0 Å². The van der Waals surface area contributed by atoms with Gasteiger partial charge in [0.2, 0.25) is 0 Å². The van der Waals surface area contributed by atoms with Gasteiger partial charge in [0.15, 0.2) is 0 Å². The average molecular weight is 244 g/mol. The average Bonchev–Trinajstić information content (AvgIpc) is 2.75. The maximum Gasteiger partial charge on any atom is 0.410 e. The Kier molecular flexibility index (Phi) is 6.29. The second-order valence-electron chi connectivity index (χ2n) is 4.66. The van der Waals surface area contributed by atoms with E-state index in [1.165, 1.54) is 6.42 Å². The van der Waals surface area contributed by atoms with Crippen LogP contribution in [0, 0.1) is 0 Å². The van der Waals surface area contributed by atoms with Crippen LogP contribution in [0.25, 0.3) is 0 Å². The SMILES string of the molecule is COCCN(CC1CCCN1)C(=O)OC(C)C. The molecule has 0 spiro atoms. The van der Waals surface area contributed by atoms with Gasteiger partial charge >= 0.3 is 6.09 Å². The molecule has 0 aromatic rings. The Balaban J connectivity index is 2.43. The number of amides is 1. The van der Waals surface area contributed by atoms with Crippen LogP contribution in [0.5, 0.6) is 0 Å². The van der Waals surface area contributed by atoms with Gasteiger partial charge in [-0.2, -0.15) is 0 Å². The smallest absolute Gasteiger partial charge is 0.410 e. The Morgan fingerprint density at radius 3 is 2.82 bits per heavy atom. The third-order valence-corrected chi connectivity index (χ3v) is 2.76. The Bertz CT molecular complexity index is 228. The topological polar surface area (TPSA) is 50.8 Å². The van der Waals surface area contributed by atoms with Crippen molar-refractivity contribution in [3.05, 3.63) is 0 Å². The highest BCUT2D eigenvalue weighted by Gasteiger charge is 2.22. The lowest BCUT2D eigenvalue weighted by Crippen LogP contribution is -2.43. The van der Waals surface area contributed by atoms with Crippen molar-refractivity contribution < 1.29 is 14.3 Å². The van der Waals surface area contributed by atoms with E-state index in [9.17, 15) is 4.79 Å². The summed E-state index contributed by atoms with van der Waals surface area (Å²) in [6.07, 6.45) is 1.98. The monoisotopic (exact) mass is 244 g/mol. The Morgan fingerprint density at radius 1 is 1.53 bits per heavy atom. The van der Waals surface area contributed by atoms with Crippen LogP contribution < -0.4 is 5.32 Å². The number of hydrogen-bond donors (Lipinski definition) is 1. The molecule has 1 aliphatic rings. The lowest BCUT2D eigenvalue weighted by atomic mass is 10.2. The molecule has 5 nitrogen and oxygen atoms in total. The molecule has 1 fully saturated rings. The largest absolute Gasteiger partial charge is 0.447 e. The van der Waals surface area contributed by atoms with Crippen molar-refractivity contribution in [2.45, 2.75) is 38.8 Å². The number of nitrogens with one attached hydrogen (secondary N) is 1. The number of methoxy groups -OCH3 is 1. The first-order valence-electron chi connectivity index (χ1n) is 6.31. The van der Waals surface area contributed by atoms with Gasteiger partial charge in [-0.1, -0.05) is 0 Å². The van der Waals surface area contributed by atoms with Gasteiger partial charge in [0.1, 0.15) is 0 Å². The zero-order chi connectivity index (χ0) is 12.7. The molecule has 0 aromatic heterocycles. The van der Waals surface area contributed by atoms with Crippen molar-refractivity contribution in [2.75, 3.05) is 33.4 Å². The van der Waals surface area contributed by atoms with Crippen LogP contribution in [0.2, 0.25) is 0 Å². The number of carbonyl (C=O) groups is 1. The van der Waals surface area contributed by atoms with Crippen LogP contribution in [0.1, 0.15) is 26.7 Å². The van der Waals surface area contributed by atoms with Crippen molar-refractivity contribution in [3.63, 3.8) is 0 Å². The van der Waals surface area contributed by atoms with Crippen LogP contribution in [-0.2, 0) is 9.47 Å². The quantitative estimate of drug-likeness (QED) is 0.763. The van der Waals surface area contributed by atoms with Gasteiger partial charge in [-0.15, -0.1) is 0 Å². The maximum atomic E-state index is 11.9. The fourth-order valence-corrected chi connectivity index (χ4v) is 1.91. The van der Waals surface area contributed by atoms with Gasteiger partial charge in [0, 0.05) is 26.2 Å². The van der Waals surface area contributed by atoms with E-state index in [-0.39, 0.29) is 12.2 Å². The highest BCUT2D eigenvalue weighted by molar-refractivity contribution is 5.67. The molecule has 0 radical (unpaired) electrons. The highest BCUT2D eigenvalue weighted by Crippen LogP contribution is 2.08. The lowest BCUT2D eigenvalue weighted by Gasteiger charge is -2.25. The highest BCUT2D eigenvalue weighted by atomic mass is 16.6. The first kappa shape index (κ1) is 14.3. The summed E-state index contributed by atoms with van der Waals surface area (Å²) in [5.74, 6) is 0. The van der Waals surface area contributed by atoms with E-state index < -0.39 is 0 Å². The molecule has 0 saturated carbocycles. The van der Waals surface area contributed by atoms with Gasteiger partial charge in [0.05, 0.1) is 12.7 Å². The minimum atomic E-state index is -0.245. The summed E-state index contributed by atoms with van der Waals surface area (Å²) < 4.78 is 10.2. The third kappa shape index (κ3) is 5.37. The number of rotatable bonds is 6. The molecule has 1 saturated heterocycles. The molecule has 0 bridgehead atoms. The van der Waals surface area contributed by atoms with E-state index in [0.717, 1.165) is 13.0 Å². The fraction of sp³-hybridized carbons (Fsp3) is 0.917. The van der Waals surface area contributed by atoms with E-state index in [2.05, 4.69) is 5.32 Å². The van der Waals surface area contributed by atoms with E-state index >= 15 is 0 Å². The molecule has 100 valence electrons. The number of hydrogen-bond acceptors (Lipinski definition) is 4. The summed E-state index contributed by atoms with van der Waals surface area (Å²) in [5, 5.41) is 3.38. The first-order valence-corrected chi connectivity index (χ1v) is 6.31. The minimum Gasteiger partial charge on any atom is -0.447 e. The van der Waals surface area contributed by atoms with Gasteiger partial charge < -0.3 is 19.7 Å². The standard InChI is InChI=1S/C12H24N2O3/c1-10(2)17-12(15)14(7-8-16-3)9-11-5-4-6-13-11/h10-11,13H,4-9H2,1-3H3. The fourth-order valence-electron chi connectivity index (χ4n) is 1.91. The molecular formula is C12H24N2O3. The first-order chi connectivity index (χ1) is 8.13. The molecule has 1 heterocycles. The summed E-state index contributed by atoms with van der Waals surface area (Å²) in [6.45, 7) is 6.59. The molecule has 0 aliphatic carbocycles. The summed E-state index contributed by atoms with van der Waals surface area (Å²) in [4.78, 5) is 13.6. The zero-order valence-electron chi connectivity index (χ0n) is 11.1. The van der Waals surface area contributed by atoms with Crippen molar-refractivity contribution in [3.8, 4) is 0 Å². The molecule has 5 heteroatoms. The second-order valence-corrected chi connectivity index (χ2v) is 4.66. The van der Waals surface area contributed by atoms with Crippen molar-refractivity contribution in [1.29, 1.82) is 0 Å². The summed E-state index contributed by atoms with van der Waals surface area (Å²) in [5.41, 5.74) is 0. The van der Waals surface area contributed by atoms with Crippen LogP contribution in [0.4, 0.5) is 4.79 Å². The second kappa shape index (κ2) is 7.50. The van der Waals surface area contributed by atoms with Gasteiger partial charge in [-0.3, -0.25) is 0 Å². The molecule has 1 N–H and O–H groups in total. The maximum absolute atomic E-state index is 11.9. The molecule has 1 atom stereocenters. The van der Waals surface area contributed by atoms with Gasteiger partial charge in [0.25, 0.3) is 0 Å². The van der Waals surface area contributed by atoms with Crippen LogP contribution in [-0.4, -0.2) is 56.5 Å². The molecule has 1 aliphatic heterocycles. The van der Waals surface area contributed by atoms with E-state index in [1.807, 2.05) is 13.8 Å². The number of ether oxygens (including phenoxy) is 2. The van der Waals surface area contributed by atoms with Crippen LogP contribution in [0.15, 0.2) is 0 Å². The Hall–Kier alpha value is -0.810. The Labute approximate surface area is 103 Å². The molecule has 0 aromatic carbocycles. The van der Waals surface area contributed by atoms with Gasteiger partial charge in [-0.05, 0) is 33.2 Å². The molecule has 1 unspecified atom stereocenters. The zero-order valence-corrected chi connectivity index (χ0v) is 11.1. The van der Waals surface area contributed by atoms with E-state index in [0.29, 0.717) is 25.7 Å². The Morgan fingerprint density at radius 2 is 2.29 bits per heavy atom. The molecular weight excluding hydrogens is 220 g/mol. The summed E-state index contributed by atoms with van der Waals surface area (Å²) in [6, 6.07) is 0.395.